The van der Waals surface area contributed by atoms with Gasteiger partial charge in [-0.3, -0.25) is 0 Å². The summed E-state index contributed by atoms with van der Waals surface area (Å²) in [6.07, 6.45) is 1.99. The van der Waals surface area contributed by atoms with Gasteiger partial charge in [0.1, 0.15) is 0 Å². The predicted molar refractivity (Wildman–Crippen MR) is 92.1 cm³/mol. The summed E-state index contributed by atoms with van der Waals surface area (Å²) in [5, 5.41) is 7.22. The van der Waals surface area contributed by atoms with Crippen molar-refractivity contribution in [1.82, 2.24) is 4.98 Å². The van der Waals surface area contributed by atoms with E-state index in [1.54, 1.807) is 11.3 Å². The Labute approximate surface area is 129 Å². The largest absolute Gasteiger partial charge is 0.380 e. The average Bonchev–Trinajstić information content (AvgIpc) is 2.94. The number of fused-ring (bicyclic) bond motifs is 1. The van der Waals surface area contributed by atoms with E-state index in [4.69, 9.17) is 0 Å². The molecule has 0 aliphatic rings. The van der Waals surface area contributed by atoms with E-state index in [-0.39, 0.29) is 5.41 Å². The first-order chi connectivity index (χ1) is 10.0. The minimum Gasteiger partial charge on any atom is -0.380 e. The third-order valence-electron chi connectivity index (χ3n) is 3.41. The molecule has 0 amide bonds. The third-order valence-corrected chi connectivity index (χ3v) is 4.83. The molecule has 0 saturated heterocycles. The molecule has 2 nitrogen and oxygen atoms in total. The lowest BCUT2D eigenvalue weighted by atomic mass is 9.98. The molecule has 1 N–H and O–H groups in total. The normalized spacial score (nSPS) is 11.8. The van der Waals surface area contributed by atoms with Crippen LogP contribution in [0.15, 0.2) is 48.7 Å². The number of nitrogens with zero attached hydrogens (tertiary/aromatic N) is 1. The van der Waals surface area contributed by atoms with E-state index in [1.807, 2.05) is 6.20 Å². The van der Waals surface area contributed by atoms with E-state index in [0.717, 1.165) is 12.2 Å². The Hall–Kier alpha value is -1.87. The molecule has 0 radical (unpaired) electrons. The molecule has 0 saturated carbocycles. The maximum absolute atomic E-state index is 4.53. The van der Waals surface area contributed by atoms with Gasteiger partial charge in [-0.15, -0.1) is 11.3 Å². The smallest absolute Gasteiger partial charge is 0.0981 e. The van der Waals surface area contributed by atoms with Crippen molar-refractivity contribution in [2.75, 3.05) is 5.32 Å². The number of aromatic nitrogens is 1. The lowest BCUT2D eigenvalue weighted by Gasteiger charge is -2.13. The van der Waals surface area contributed by atoms with E-state index < -0.39 is 0 Å². The van der Waals surface area contributed by atoms with Crippen LogP contribution < -0.4 is 5.32 Å². The fraction of sp³-hybridized carbons (Fsp3) is 0.278. The molecule has 0 atom stereocenters. The van der Waals surface area contributed by atoms with Crippen molar-refractivity contribution in [2.24, 2.45) is 0 Å². The molecule has 21 heavy (non-hydrogen) atoms. The fourth-order valence-corrected chi connectivity index (χ4v) is 3.13. The van der Waals surface area contributed by atoms with Crippen LogP contribution in [0.4, 0.5) is 5.69 Å². The second-order valence-corrected chi connectivity index (χ2v) is 7.41. The minimum absolute atomic E-state index is 0.131. The monoisotopic (exact) mass is 296 g/mol. The number of benzene rings is 2. The first kappa shape index (κ1) is 14.1. The zero-order valence-electron chi connectivity index (χ0n) is 12.7. The summed E-state index contributed by atoms with van der Waals surface area (Å²) >= 11 is 1.79. The summed E-state index contributed by atoms with van der Waals surface area (Å²) in [5.74, 6) is 0. The van der Waals surface area contributed by atoms with Crippen LogP contribution in [0.2, 0.25) is 0 Å². The quantitative estimate of drug-likeness (QED) is 0.718. The van der Waals surface area contributed by atoms with Gasteiger partial charge >= 0.3 is 0 Å². The summed E-state index contributed by atoms with van der Waals surface area (Å²) in [6, 6.07) is 14.9. The highest BCUT2D eigenvalue weighted by atomic mass is 32.1. The molecular formula is C18H20N2S. The van der Waals surface area contributed by atoms with Gasteiger partial charge in [0, 0.05) is 22.2 Å². The van der Waals surface area contributed by atoms with Crippen LogP contribution >= 0.6 is 11.3 Å². The molecule has 3 heteroatoms. The molecule has 3 rings (SSSR count). The molecule has 0 spiro atoms. The van der Waals surface area contributed by atoms with Gasteiger partial charge in [0.25, 0.3) is 0 Å². The van der Waals surface area contributed by atoms with Crippen molar-refractivity contribution in [1.29, 1.82) is 0 Å². The van der Waals surface area contributed by atoms with Crippen molar-refractivity contribution in [3.8, 4) is 0 Å². The van der Waals surface area contributed by atoms with Gasteiger partial charge in [-0.2, -0.15) is 0 Å². The maximum atomic E-state index is 4.53. The number of hydrogen-bond acceptors (Lipinski definition) is 3. The second kappa shape index (κ2) is 5.49. The zero-order valence-corrected chi connectivity index (χ0v) is 13.5. The summed E-state index contributed by atoms with van der Waals surface area (Å²) in [5.41, 5.74) is 1.28. The Bertz CT molecular complexity index is 753. The molecule has 3 aromatic rings. The number of hydrogen-bond donors (Lipinski definition) is 1. The molecule has 2 aromatic carbocycles. The van der Waals surface area contributed by atoms with Crippen molar-refractivity contribution in [3.05, 3.63) is 58.5 Å². The van der Waals surface area contributed by atoms with Gasteiger partial charge in [0.05, 0.1) is 11.6 Å². The molecule has 0 aliphatic carbocycles. The molecule has 0 bridgehead atoms. The zero-order chi connectivity index (χ0) is 14.9. The minimum atomic E-state index is 0.131. The highest BCUT2D eigenvalue weighted by molar-refractivity contribution is 7.11. The summed E-state index contributed by atoms with van der Waals surface area (Å²) in [7, 11) is 0. The van der Waals surface area contributed by atoms with E-state index in [0.29, 0.717) is 0 Å². The van der Waals surface area contributed by atoms with E-state index >= 15 is 0 Å². The van der Waals surface area contributed by atoms with Crippen molar-refractivity contribution >= 4 is 27.8 Å². The summed E-state index contributed by atoms with van der Waals surface area (Å²) in [6.45, 7) is 7.43. The molecule has 1 heterocycles. The number of anilines is 1. The number of rotatable bonds is 3. The lowest BCUT2D eigenvalue weighted by molar-refractivity contribution is 0.585. The van der Waals surface area contributed by atoms with E-state index in [2.05, 4.69) is 73.5 Å². The van der Waals surface area contributed by atoms with Gasteiger partial charge in [0.2, 0.25) is 0 Å². The SMILES string of the molecule is CC(C)(C)c1ncc(CNc2ccc3ccccc3c2)s1. The highest BCUT2D eigenvalue weighted by Gasteiger charge is 2.17. The van der Waals surface area contributed by atoms with Crippen LogP contribution in [0.25, 0.3) is 10.8 Å². The predicted octanol–water partition coefficient (Wildman–Crippen LogP) is 5.21. The highest BCUT2D eigenvalue weighted by Crippen LogP contribution is 2.27. The molecule has 108 valence electrons. The first-order valence-corrected chi connectivity index (χ1v) is 8.02. The van der Waals surface area contributed by atoms with E-state index in [9.17, 15) is 0 Å². The van der Waals surface area contributed by atoms with Crippen LogP contribution in [-0.4, -0.2) is 4.98 Å². The Balaban J connectivity index is 1.73. The summed E-state index contributed by atoms with van der Waals surface area (Å²) < 4.78 is 0. The van der Waals surface area contributed by atoms with Crippen molar-refractivity contribution in [2.45, 2.75) is 32.7 Å². The fourth-order valence-electron chi connectivity index (χ4n) is 2.22. The van der Waals surface area contributed by atoms with Gasteiger partial charge in [0.15, 0.2) is 0 Å². The lowest BCUT2D eigenvalue weighted by Crippen LogP contribution is -2.09. The Morgan fingerprint density at radius 3 is 2.52 bits per heavy atom. The van der Waals surface area contributed by atoms with Crippen LogP contribution in [0, 0.1) is 0 Å². The van der Waals surface area contributed by atoms with Gasteiger partial charge < -0.3 is 5.32 Å². The molecule has 1 aromatic heterocycles. The van der Waals surface area contributed by atoms with Crippen molar-refractivity contribution < 1.29 is 0 Å². The van der Waals surface area contributed by atoms with Crippen LogP contribution in [0.3, 0.4) is 0 Å². The average molecular weight is 296 g/mol. The maximum Gasteiger partial charge on any atom is 0.0981 e. The molecular weight excluding hydrogens is 276 g/mol. The van der Waals surface area contributed by atoms with E-state index in [1.165, 1.54) is 20.7 Å². The topological polar surface area (TPSA) is 24.9 Å². The van der Waals surface area contributed by atoms with Crippen LogP contribution in [-0.2, 0) is 12.0 Å². The third kappa shape index (κ3) is 3.24. The summed E-state index contributed by atoms with van der Waals surface area (Å²) in [4.78, 5) is 5.80. The van der Waals surface area contributed by atoms with Crippen LogP contribution in [0.5, 0.6) is 0 Å². The van der Waals surface area contributed by atoms with Crippen LogP contribution in [0.1, 0.15) is 30.7 Å². The van der Waals surface area contributed by atoms with Gasteiger partial charge in [-0.25, -0.2) is 4.98 Å². The Morgan fingerprint density at radius 1 is 1.05 bits per heavy atom. The van der Waals surface area contributed by atoms with Gasteiger partial charge in [-0.1, -0.05) is 51.1 Å². The Morgan fingerprint density at radius 2 is 1.81 bits per heavy atom. The first-order valence-electron chi connectivity index (χ1n) is 7.20. The molecule has 0 unspecified atom stereocenters. The molecule has 0 fully saturated rings. The molecule has 0 aliphatic heterocycles. The number of nitrogens with one attached hydrogen (secondary N) is 1. The Kier molecular flexibility index (Phi) is 3.68. The van der Waals surface area contributed by atoms with Crippen molar-refractivity contribution in [3.63, 3.8) is 0 Å². The second-order valence-electron chi connectivity index (χ2n) is 6.30. The van der Waals surface area contributed by atoms with Gasteiger partial charge in [-0.05, 0) is 22.9 Å². The standard InChI is InChI=1S/C18H20N2S/c1-18(2,3)17-20-12-16(21-17)11-19-15-9-8-13-6-4-5-7-14(13)10-15/h4-10,12,19H,11H2,1-3H3. The number of thiazole rings is 1.